The highest BCUT2D eigenvalue weighted by atomic mass is 16.4. The standard InChI is InChI=1S/C16H22N4O2/c1-13(20-9-7-19(8-10-20)11-12-21)15-17-18-16(22-15)14-5-3-2-4-6-14/h2-6,13,21H,7-12H2,1H3/t13-/m1/s1. The van der Waals surface area contributed by atoms with Crippen LogP contribution in [0, 0.1) is 0 Å². The van der Waals surface area contributed by atoms with E-state index >= 15 is 0 Å². The number of rotatable bonds is 5. The Morgan fingerprint density at radius 3 is 2.55 bits per heavy atom. The molecule has 22 heavy (non-hydrogen) atoms. The van der Waals surface area contributed by atoms with Crippen LogP contribution < -0.4 is 0 Å². The van der Waals surface area contributed by atoms with Gasteiger partial charge in [-0.2, -0.15) is 0 Å². The molecule has 1 aliphatic rings. The van der Waals surface area contributed by atoms with Crippen molar-refractivity contribution in [1.29, 1.82) is 0 Å². The molecule has 0 aliphatic carbocycles. The molecule has 2 aromatic rings. The molecule has 0 radical (unpaired) electrons. The van der Waals surface area contributed by atoms with Crippen molar-refractivity contribution in [2.24, 2.45) is 0 Å². The molecule has 6 heteroatoms. The highest BCUT2D eigenvalue weighted by Gasteiger charge is 2.25. The molecule has 1 fully saturated rings. The third-order valence-corrected chi connectivity index (χ3v) is 4.19. The van der Waals surface area contributed by atoms with E-state index in [4.69, 9.17) is 9.52 Å². The predicted octanol–water partition coefficient (Wildman–Crippen LogP) is 1.41. The molecule has 0 amide bonds. The molecule has 6 nitrogen and oxygen atoms in total. The third-order valence-electron chi connectivity index (χ3n) is 4.19. The van der Waals surface area contributed by atoms with Crippen molar-refractivity contribution < 1.29 is 9.52 Å². The topological polar surface area (TPSA) is 65.6 Å². The van der Waals surface area contributed by atoms with Gasteiger partial charge in [0.25, 0.3) is 0 Å². The third kappa shape index (κ3) is 3.35. The summed E-state index contributed by atoms with van der Waals surface area (Å²) in [7, 11) is 0. The van der Waals surface area contributed by atoms with Crippen molar-refractivity contribution >= 4 is 0 Å². The van der Waals surface area contributed by atoms with Crippen LogP contribution in [0.2, 0.25) is 0 Å². The van der Waals surface area contributed by atoms with Crippen molar-refractivity contribution in [2.75, 3.05) is 39.3 Å². The zero-order chi connectivity index (χ0) is 15.4. The fourth-order valence-electron chi connectivity index (χ4n) is 2.77. The number of β-amino-alcohol motifs (C(OH)–C–C–N with tert-alkyl or cyclic N) is 1. The molecule has 1 saturated heterocycles. The summed E-state index contributed by atoms with van der Waals surface area (Å²) in [6.45, 7) is 6.90. The first kappa shape index (κ1) is 15.1. The molecule has 0 saturated carbocycles. The van der Waals surface area contributed by atoms with Crippen molar-refractivity contribution in [3.63, 3.8) is 0 Å². The second-order valence-electron chi connectivity index (χ2n) is 5.59. The van der Waals surface area contributed by atoms with Crippen LogP contribution in [0.1, 0.15) is 18.9 Å². The Morgan fingerprint density at radius 2 is 1.86 bits per heavy atom. The predicted molar refractivity (Wildman–Crippen MR) is 83.2 cm³/mol. The van der Waals surface area contributed by atoms with Crippen LogP contribution >= 0.6 is 0 Å². The van der Waals surface area contributed by atoms with E-state index in [0.717, 1.165) is 38.3 Å². The largest absolute Gasteiger partial charge is 0.419 e. The number of hydrogen-bond donors (Lipinski definition) is 1. The van der Waals surface area contributed by atoms with Crippen LogP contribution in [0.5, 0.6) is 0 Å². The number of hydrogen-bond acceptors (Lipinski definition) is 6. The number of aliphatic hydroxyl groups is 1. The second-order valence-corrected chi connectivity index (χ2v) is 5.59. The minimum Gasteiger partial charge on any atom is -0.419 e. The van der Waals surface area contributed by atoms with Crippen molar-refractivity contribution in [3.8, 4) is 11.5 Å². The van der Waals surface area contributed by atoms with E-state index in [1.54, 1.807) is 0 Å². The number of benzene rings is 1. The molecule has 1 N–H and O–H groups in total. The van der Waals surface area contributed by atoms with E-state index in [-0.39, 0.29) is 12.6 Å². The number of nitrogens with zero attached hydrogens (tertiary/aromatic N) is 4. The first-order chi connectivity index (χ1) is 10.8. The summed E-state index contributed by atoms with van der Waals surface area (Å²) in [5, 5.41) is 17.4. The molecule has 2 heterocycles. The molecule has 0 unspecified atom stereocenters. The van der Waals surface area contributed by atoms with Gasteiger partial charge in [0, 0.05) is 38.3 Å². The minimum atomic E-state index is 0.112. The van der Waals surface area contributed by atoms with Gasteiger partial charge in [-0.15, -0.1) is 10.2 Å². The zero-order valence-electron chi connectivity index (χ0n) is 12.9. The van der Waals surface area contributed by atoms with Gasteiger partial charge in [-0.1, -0.05) is 18.2 Å². The second kappa shape index (κ2) is 7.00. The molecule has 1 aliphatic heterocycles. The van der Waals surface area contributed by atoms with Crippen LogP contribution in [0.3, 0.4) is 0 Å². The van der Waals surface area contributed by atoms with Crippen LogP contribution in [-0.4, -0.2) is 64.4 Å². The fraction of sp³-hybridized carbons (Fsp3) is 0.500. The summed E-state index contributed by atoms with van der Waals surface area (Å²) >= 11 is 0. The van der Waals surface area contributed by atoms with Gasteiger partial charge < -0.3 is 9.52 Å². The van der Waals surface area contributed by atoms with Gasteiger partial charge in [0.1, 0.15) is 0 Å². The molecular weight excluding hydrogens is 280 g/mol. The number of aromatic nitrogens is 2. The van der Waals surface area contributed by atoms with Crippen molar-refractivity contribution in [3.05, 3.63) is 36.2 Å². The summed E-state index contributed by atoms with van der Waals surface area (Å²) in [6.07, 6.45) is 0. The molecular formula is C16H22N4O2. The first-order valence-electron chi connectivity index (χ1n) is 7.74. The van der Waals surface area contributed by atoms with Crippen molar-refractivity contribution in [2.45, 2.75) is 13.0 Å². The number of piperazine rings is 1. The van der Waals surface area contributed by atoms with Gasteiger partial charge in [0.15, 0.2) is 0 Å². The highest BCUT2D eigenvalue weighted by Crippen LogP contribution is 2.24. The molecule has 1 aromatic carbocycles. The maximum atomic E-state index is 8.99. The Balaban J connectivity index is 1.64. The maximum Gasteiger partial charge on any atom is 0.247 e. The Kier molecular flexibility index (Phi) is 4.82. The minimum absolute atomic E-state index is 0.112. The van der Waals surface area contributed by atoms with Crippen LogP contribution in [0.25, 0.3) is 11.5 Å². The molecule has 0 bridgehead atoms. The Morgan fingerprint density at radius 1 is 1.14 bits per heavy atom. The summed E-state index contributed by atoms with van der Waals surface area (Å²) in [5.74, 6) is 1.23. The average molecular weight is 302 g/mol. The monoisotopic (exact) mass is 302 g/mol. The summed E-state index contributed by atoms with van der Waals surface area (Å²) in [5.41, 5.74) is 0.946. The van der Waals surface area contributed by atoms with Gasteiger partial charge in [-0.05, 0) is 19.1 Å². The summed E-state index contributed by atoms with van der Waals surface area (Å²) in [4.78, 5) is 4.61. The first-order valence-corrected chi connectivity index (χ1v) is 7.74. The van der Waals surface area contributed by atoms with Gasteiger partial charge >= 0.3 is 0 Å². The lowest BCUT2D eigenvalue weighted by atomic mass is 10.2. The van der Waals surface area contributed by atoms with E-state index < -0.39 is 0 Å². The van der Waals surface area contributed by atoms with E-state index in [9.17, 15) is 0 Å². The SMILES string of the molecule is C[C@H](c1nnc(-c2ccccc2)o1)N1CCN(CCO)CC1. The Hall–Kier alpha value is -1.76. The van der Waals surface area contributed by atoms with E-state index in [1.807, 2.05) is 30.3 Å². The lowest BCUT2D eigenvalue weighted by Gasteiger charge is -2.36. The smallest absolute Gasteiger partial charge is 0.247 e. The van der Waals surface area contributed by atoms with E-state index in [1.165, 1.54) is 0 Å². The molecule has 1 atom stereocenters. The van der Waals surface area contributed by atoms with Gasteiger partial charge in [0.05, 0.1) is 12.6 Å². The van der Waals surface area contributed by atoms with Crippen LogP contribution in [-0.2, 0) is 0 Å². The van der Waals surface area contributed by atoms with Crippen LogP contribution in [0.4, 0.5) is 0 Å². The average Bonchev–Trinajstić information content (AvgIpc) is 3.06. The molecule has 0 spiro atoms. The highest BCUT2D eigenvalue weighted by molar-refractivity contribution is 5.51. The Labute approximate surface area is 130 Å². The van der Waals surface area contributed by atoms with E-state index in [2.05, 4.69) is 26.9 Å². The van der Waals surface area contributed by atoms with Gasteiger partial charge in [-0.25, -0.2) is 0 Å². The zero-order valence-corrected chi connectivity index (χ0v) is 12.9. The van der Waals surface area contributed by atoms with Crippen molar-refractivity contribution in [1.82, 2.24) is 20.0 Å². The lowest BCUT2D eigenvalue weighted by Crippen LogP contribution is -2.47. The lowest BCUT2D eigenvalue weighted by molar-refractivity contribution is 0.0802. The van der Waals surface area contributed by atoms with E-state index in [0.29, 0.717) is 11.8 Å². The normalized spacial score (nSPS) is 18.5. The molecule has 3 rings (SSSR count). The molecule has 118 valence electrons. The summed E-state index contributed by atoms with van der Waals surface area (Å²) in [6, 6.07) is 9.94. The van der Waals surface area contributed by atoms with Crippen LogP contribution in [0.15, 0.2) is 34.7 Å². The van der Waals surface area contributed by atoms with Gasteiger partial charge in [0.2, 0.25) is 11.8 Å². The summed E-state index contributed by atoms with van der Waals surface area (Å²) < 4.78 is 5.84. The van der Waals surface area contributed by atoms with Gasteiger partial charge in [-0.3, -0.25) is 9.80 Å². The fourth-order valence-corrected chi connectivity index (χ4v) is 2.77. The number of aliphatic hydroxyl groups excluding tert-OH is 1. The maximum absolute atomic E-state index is 8.99. The Bertz CT molecular complexity index is 579. The quantitative estimate of drug-likeness (QED) is 0.901. The molecule has 1 aromatic heterocycles.